The molecule has 0 bridgehead atoms. The van der Waals surface area contributed by atoms with Gasteiger partial charge in [-0.3, -0.25) is 9.59 Å². The molecule has 8 nitrogen and oxygen atoms in total. The van der Waals surface area contributed by atoms with E-state index in [0.717, 1.165) is 29.5 Å². The van der Waals surface area contributed by atoms with Crippen LogP contribution in [0.5, 0.6) is 5.75 Å². The molecular weight excluding hydrogens is 622 g/mol. The minimum atomic E-state index is -3.52. The topological polar surface area (TPSA) is 96.0 Å². The predicted octanol–water partition coefficient (Wildman–Crippen LogP) is 6.15. The number of hydrogen-bond acceptors (Lipinski definition) is 5. The summed E-state index contributed by atoms with van der Waals surface area (Å²) in [5.41, 5.74) is 3.12. The van der Waals surface area contributed by atoms with Crippen molar-refractivity contribution in [1.82, 2.24) is 14.5 Å². The van der Waals surface area contributed by atoms with E-state index >= 15 is 0 Å². The van der Waals surface area contributed by atoms with Crippen LogP contribution >= 0.6 is 11.6 Å². The van der Waals surface area contributed by atoms with Crippen LogP contribution in [0, 0.1) is 0 Å². The second-order valence-electron chi connectivity index (χ2n) is 11.2. The SMILES string of the molecule is COc1ccc(CN(C(=O)CCc2ccc(S(=O)(=O)N3CCCC3)cc2)[C@H](C(=O)NCc2ccccc2Cl)c2ccccc2)cc1. The minimum absolute atomic E-state index is 0.121. The molecule has 0 spiro atoms. The van der Waals surface area contributed by atoms with Gasteiger partial charge in [0.2, 0.25) is 21.8 Å². The maximum atomic E-state index is 14.1. The van der Waals surface area contributed by atoms with Gasteiger partial charge in [-0.05, 0) is 71.8 Å². The highest BCUT2D eigenvalue weighted by Crippen LogP contribution is 2.27. The van der Waals surface area contributed by atoms with E-state index in [1.165, 1.54) is 4.31 Å². The summed E-state index contributed by atoms with van der Waals surface area (Å²) in [6.07, 6.45) is 2.24. The van der Waals surface area contributed by atoms with Gasteiger partial charge in [0.05, 0.1) is 12.0 Å². The molecule has 1 atom stereocenters. The number of rotatable bonds is 13. The highest BCUT2D eigenvalue weighted by atomic mass is 35.5. The first-order valence-corrected chi connectivity index (χ1v) is 17.2. The highest BCUT2D eigenvalue weighted by Gasteiger charge is 2.32. The van der Waals surface area contributed by atoms with E-state index in [-0.39, 0.29) is 36.2 Å². The van der Waals surface area contributed by atoms with E-state index in [1.807, 2.05) is 72.8 Å². The van der Waals surface area contributed by atoms with Crippen molar-refractivity contribution in [3.63, 3.8) is 0 Å². The van der Waals surface area contributed by atoms with Gasteiger partial charge in [0.15, 0.2) is 0 Å². The Bertz CT molecular complexity index is 1730. The first-order chi connectivity index (χ1) is 22.3. The zero-order valence-electron chi connectivity index (χ0n) is 25.8. The lowest BCUT2D eigenvalue weighted by Gasteiger charge is -2.32. The molecule has 0 saturated carbocycles. The summed E-state index contributed by atoms with van der Waals surface area (Å²) in [6.45, 7) is 1.47. The normalized spacial score (nSPS) is 14.0. The third kappa shape index (κ3) is 8.15. The van der Waals surface area contributed by atoms with Crippen molar-refractivity contribution in [2.24, 2.45) is 0 Å². The average molecular weight is 660 g/mol. The van der Waals surface area contributed by atoms with E-state index in [2.05, 4.69) is 5.32 Å². The van der Waals surface area contributed by atoms with Gasteiger partial charge in [0.25, 0.3) is 0 Å². The van der Waals surface area contributed by atoms with Crippen LogP contribution in [0.4, 0.5) is 0 Å². The standard InChI is InChI=1S/C36H38ClN3O5S/c1-45-31-18-13-28(14-19-31)26-40(34(41)22-17-27-15-20-32(21-16-27)46(43,44)39-23-7-8-24-39)35(29-9-3-2-4-10-29)36(42)38-25-30-11-5-6-12-33(30)37/h2-6,9-16,18-21,35H,7-8,17,22-26H2,1H3,(H,38,42)/t35-/m0/s1. The number of benzene rings is 4. The molecule has 0 aromatic heterocycles. The molecule has 1 fully saturated rings. The summed E-state index contributed by atoms with van der Waals surface area (Å²) >= 11 is 6.35. The number of halogens is 1. The number of carbonyl (C=O) groups excluding carboxylic acids is 2. The summed E-state index contributed by atoms with van der Waals surface area (Å²) in [5, 5.41) is 3.54. The maximum absolute atomic E-state index is 14.1. The van der Waals surface area contributed by atoms with Crippen LogP contribution in [-0.2, 0) is 39.1 Å². The molecule has 1 aliphatic heterocycles. The Hall–Kier alpha value is -4.18. The van der Waals surface area contributed by atoms with Gasteiger partial charge in [-0.25, -0.2) is 8.42 Å². The van der Waals surface area contributed by atoms with Gasteiger partial charge in [0.1, 0.15) is 11.8 Å². The summed E-state index contributed by atoms with van der Waals surface area (Å²) in [7, 11) is -1.93. The van der Waals surface area contributed by atoms with Crippen LogP contribution in [0.25, 0.3) is 0 Å². The smallest absolute Gasteiger partial charge is 0.247 e. The Morgan fingerprint density at radius 3 is 2.15 bits per heavy atom. The van der Waals surface area contributed by atoms with Crippen molar-refractivity contribution < 1.29 is 22.7 Å². The van der Waals surface area contributed by atoms with Gasteiger partial charge in [-0.15, -0.1) is 0 Å². The monoisotopic (exact) mass is 659 g/mol. The van der Waals surface area contributed by atoms with E-state index in [9.17, 15) is 18.0 Å². The number of ether oxygens (including phenoxy) is 1. The molecule has 0 unspecified atom stereocenters. The molecular formula is C36H38ClN3O5S. The summed E-state index contributed by atoms with van der Waals surface area (Å²) < 4.78 is 32.8. The van der Waals surface area contributed by atoms with Crippen LogP contribution < -0.4 is 10.1 Å². The lowest BCUT2D eigenvalue weighted by Crippen LogP contribution is -2.43. The zero-order chi connectivity index (χ0) is 32.5. The summed E-state index contributed by atoms with van der Waals surface area (Å²) in [4.78, 5) is 29.9. The second kappa shape index (κ2) is 15.4. The zero-order valence-corrected chi connectivity index (χ0v) is 27.3. The van der Waals surface area contributed by atoms with Gasteiger partial charge >= 0.3 is 0 Å². The van der Waals surface area contributed by atoms with Gasteiger partial charge in [-0.1, -0.05) is 84.4 Å². The van der Waals surface area contributed by atoms with Crippen LogP contribution in [0.2, 0.25) is 5.02 Å². The van der Waals surface area contributed by atoms with Crippen molar-refractivity contribution in [2.75, 3.05) is 20.2 Å². The average Bonchev–Trinajstić information content (AvgIpc) is 3.64. The fourth-order valence-corrected chi connectivity index (χ4v) is 7.30. The van der Waals surface area contributed by atoms with Gasteiger partial charge < -0.3 is 15.0 Å². The number of hydrogen-bond donors (Lipinski definition) is 1. The highest BCUT2D eigenvalue weighted by molar-refractivity contribution is 7.89. The number of nitrogens with zero attached hydrogens (tertiary/aromatic N) is 2. The van der Waals surface area contributed by atoms with E-state index in [4.69, 9.17) is 16.3 Å². The third-order valence-electron chi connectivity index (χ3n) is 8.17. The lowest BCUT2D eigenvalue weighted by atomic mass is 10.0. The third-order valence-corrected chi connectivity index (χ3v) is 10.5. The molecule has 1 heterocycles. The number of amides is 2. The Morgan fingerprint density at radius 1 is 0.870 bits per heavy atom. The van der Waals surface area contributed by atoms with Crippen molar-refractivity contribution >= 4 is 33.4 Å². The summed E-state index contributed by atoms with van der Waals surface area (Å²) in [6, 6.07) is 29.8. The molecule has 1 N–H and O–H groups in total. The van der Waals surface area contributed by atoms with E-state index in [0.29, 0.717) is 35.8 Å². The molecule has 4 aromatic rings. The number of carbonyl (C=O) groups is 2. The molecule has 2 amide bonds. The summed E-state index contributed by atoms with van der Waals surface area (Å²) in [5.74, 6) is 0.143. The molecule has 46 heavy (non-hydrogen) atoms. The number of sulfonamides is 1. The van der Waals surface area contributed by atoms with Gasteiger partial charge in [-0.2, -0.15) is 4.31 Å². The fraction of sp³-hybridized carbons (Fsp3) is 0.278. The van der Waals surface area contributed by atoms with Crippen molar-refractivity contribution in [3.8, 4) is 5.75 Å². The number of methoxy groups -OCH3 is 1. The van der Waals surface area contributed by atoms with Crippen LogP contribution in [0.3, 0.4) is 0 Å². The molecule has 1 saturated heterocycles. The Morgan fingerprint density at radius 2 is 1.50 bits per heavy atom. The van der Waals surface area contributed by atoms with Gasteiger partial charge in [0, 0.05) is 37.6 Å². The first-order valence-electron chi connectivity index (χ1n) is 15.3. The van der Waals surface area contributed by atoms with Crippen LogP contribution in [-0.4, -0.2) is 49.6 Å². The number of aryl methyl sites for hydroxylation is 1. The molecule has 0 aliphatic carbocycles. The number of nitrogens with one attached hydrogen (secondary N) is 1. The van der Waals surface area contributed by atoms with Crippen molar-refractivity contribution in [2.45, 2.75) is 49.7 Å². The Kier molecular flexibility index (Phi) is 11.1. The van der Waals surface area contributed by atoms with Crippen LogP contribution in [0.15, 0.2) is 108 Å². The van der Waals surface area contributed by atoms with Crippen LogP contribution in [0.1, 0.15) is 47.6 Å². The first kappa shape index (κ1) is 33.2. The molecule has 4 aromatic carbocycles. The second-order valence-corrected chi connectivity index (χ2v) is 13.6. The maximum Gasteiger partial charge on any atom is 0.247 e. The molecule has 10 heteroatoms. The fourth-order valence-electron chi connectivity index (χ4n) is 5.58. The quantitative estimate of drug-likeness (QED) is 0.186. The molecule has 240 valence electrons. The van der Waals surface area contributed by atoms with Crippen molar-refractivity contribution in [3.05, 3.63) is 130 Å². The predicted molar refractivity (Wildman–Crippen MR) is 179 cm³/mol. The Balaban J connectivity index is 1.39. The van der Waals surface area contributed by atoms with E-state index < -0.39 is 16.1 Å². The van der Waals surface area contributed by atoms with Crippen molar-refractivity contribution in [1.29, 1.82) is 0 Å². The largest absolute Gasteiger partial charge is 0.497 e. The van der Waals surface area contributed by atoms with E-state index in [1.54, 1.807) is 42.3 Å². The molecule has 5 rings (SSSR count). The molecule has 0 radical (unpaired) electrons. The minimum Gasteiger partial charge on any atom is -0.497 e. The lowest BCUT2D eigenvalue weighted by molar-refractivity contribution is -0.141. The Labute approximate surface area is 276 Å². The molecule has 1 aliphatic rings.